The summed E-state index contributed by atoms with van der Waals surface area (Å²) in [5.41, 5.74) is 0. The van der Waals surface area contributed by atoms with Crippen molar-refractivity contribution in [3.8, 4) is 0 Å². The number of hydrogen-bond donors (Lipinski definition) is 6. The molecular formula is C61H115NO8. The minimum absolute atomic E-state index is 0.186. The molecule has 0 aromatic heterocycles. The maximum absolute atomic E-state index is 13.0. The highest BCUT2D eigenvalue weighted by atomic mass is 16.7. The molecule has 1 rings (SSSR count). The first-order valence-electron chi connectivity index (χ1n) is 30.2. The van der Waals surface area contributed by atoms with Crippen LogP contribution >= 0.6 is 0 Å². The Morgan fingerprint density at radius 3 is 1.20 bits per heavy atom. The van der Waals surface area contributed by atoms with Crippen LogP contribution in [0.1, 0.15) is 290 Å². The molecular weight excluding hydrogens is 875 g/mol. The van der Waals surface area contributed by atoms with E-state index in [4.69, 9.17) is 9.47 Å². The van der Waals surface area contributed by atoms with Crippen molar-refractivity contribution < 1.29 is 39.8 Å². The lowest BCUT2D eigenvalue weighted by molar-refractivity contribution is -0.302. The summed E-state index contributed by atoms with van der Waals surface area (Å²) < 4.78 is 11.3. The van der Waals surface area contributed by atoms with E-state index in [1.165, 1.54) is 225 Å². The van der Waals surface area contributed by atoms with Gasteiger partial charge in [0.05, 0.1) is 25.4 Å². The zero-order valence-electron chi connectivity index (χ0n) is 45.8. The van der Waals surface area contributed by atoms with E-state index in [1.807, 2.05) is 6.08 Å². The summed E-state index contributed by atoms with van der Waals surface area (Å²) in [6.07, 6.45) is 59.4. The Bertz CT molecular complexity index is 1190. The van der Waals surface area contributed by atoms with Crippen LogP contribution in [0.3, 0.4) is 0 Å². The number of aliphatic hydroxyl groups is 5. The third-order valence-corrected chi connectivity index (χ3v) is 14.4. The average molecular weight is 991 g/mol. The minimum atomic E-state index is -1.57. The molecule has 1 fully saturated rings. The minimum Gasteiger partial charge on any atom is -0.394 e. The third-order valence-electron chi connectivity index (χ3n) is 14.4. The smallest absolute Gasteiger partial charge is 0.220 e. The lowest BCUT2D eigenvalue weighted by atomic mass is 9.99. The number of aliphatic hydroxyl groups excluding tert-OH is 5. The summed E-state index contributed by atoms with van der Waals surface area (Å²) >= 11 is 0. The Morgan fingerprint density at radius 1 is 0.471 bits per heavy atom. The van der Waals surface area contributed by atoms with Gasteiger partial charge in [-0.1, -0.05) is 275 Å². The molecule has 1 aliphatic rings. The highest BCUT2D eigenvalue weighted by molar-refractivity contribution is 5.76. The summed E-state index contributed by atoms with van der Waals surface area (Å²) in [6, 6.07) is -0.826. The molecule has 9 nitrogen and oxygen atoms in total. The number of allylic oxidation sites excluding steroid dienone is 5. The first kappa shape index (κ1) is 66.4. The van der Waals surface area contributed by atoms with E-state index in [0.717, 1.165) is 44.9 Å². The average Bonchev–Trinajstić information content (AvgIpc) is 3.36. The highest BCUT2D eigenvalue weighted by Crippen LogP contribution is 2.23. The molecule has 0 aromatic rings. The molecule has 6 N–H and O–H groups in total. The molecule has 1 aliphatic heterocycles. The predicted octanol–water partition coefficient (Wildman–Crippen LogP) is 15.1. The van der Waals surface area contributed by atoms with E-state index in [0.29, 0.717) is 6.42 Å². The molecule has 1 amide bonds. The van der Waals surface area contributed by atoms with Crippen LogP contribution in [0.15, 0.2) is 36.5 Å². The van der Waals surface area contributed by atoms with E-state index in [2.05, 4.69) is 43.5 Å². The number of nitrogens with one attached hydrogen (secondary N) is 1. The molecule has 70 heavy (non-hydrogen) atoms. The van der Waals surface area contributed by atoms with Gasteiger partial charge in [0.1, 0.15) is 24.4 Å². The van der Waals surface area contributed by atoms with E-state index >= 15 is 0 Å². The number of ether oxygens (including phenoxy) is 2. The number of rotatable bonds is 52. The second-order valence-corrected chi connectivity index (χ2v) is 21.1. The van der Waals surface area contributed by atoms with Gasteiger partial charge in [-0.15, -0.1) is 0 Å². The Kier molecular flexibility index (Phi) is 48.3. The molecule has 0 aliphatic carbocycles. The topological polar surface area (TPSA) is 149 Å². The molecule has 7 atom stereocenters. The van der Waals surface area contributed by atoms with Gasteiger partial charge in [0.2, 0.25) is 5.91 Å². The highest BCUT2D eigenvalue weighted by Gasteiger charge is 2.44. The molecule has 7 unspecified atom stereocenters. The fourth-order valence-corrected chi connectivity index (χ4v) is 9.66. The van der Waals surface area contributed by atoms with Crippen molar-refractivity contribution in [1.29, 1.82) is 0 Å². The van der Waals surface area contributed by atoms with Crippen molar-refractivity contribution in [3.63, 3.8) is 0 Å². The lowest BCUT2D eigenvalue weighted by Crippen LogP contribution is -2.60. The maximum Gasteiger partial charge on any atom is 0.220 e. The zero-order chi connectivity index (χ0) is 50.8. The van der Waals surface area contributed by atoms with Crippen molar-refractivity contribution >= 4 is 5.91 Å². The Balaban J connectivity index is 2.23. The van der Waals surface area contributed by atoms with Gasteiger partial charge in [-0.2, -0.15) is 0 Å². The van der Waals surface area contributed by atoms with Crippen molar-refractivity contribution in [2.45, 2.75) is 333 Å². The van der Waals surface area contributed by atoms with Gasteiger partial charge < -0.3 is 40.3 Å². The largest absolute Gasteiger partial charge is 0.394 e. The van der Waals surface area contributed by atoms with E-state index in [9.17, 15) is 30.3 Å². The van der Waals surface area contributed by atoms with Crippen LogP contribution in [0.4, 0.5) is 0 Å². The molecule has 0 aromatic carbocycles. The Labute approximate surface area is 431 Å². The summed E-state index contributed by atoms with van der Waals surface area (Å²) in [5, 5.41) is 54.5. The van der Waals surface area contributed by atoms with Gasteiger partial charge in [-0.25, -0.2) is 0 Å². The van der Waals surface area contributed by atoms with Crippen molar-refractivity contribution in [3.05, 3.63) is 36.5 Å². The second kappa shape index (κ2) is 50.9. The van der Waals surface area contributed by atoms with Gasteiger partial charge in [-0.05, 0) is 44.9 Å². The standard InChI is InChI=1S/C61H115NO8/c1-3-5-7-9-11-13-15-17-19-21-23-24-25-26-27-28-29-30-31-33-34-36-38-40-42-44-46-48-50-55(64)54(53-69-61-60(68)59(67)58(66)56(52-63)70-61)62-57(65)51-49-47-45-43-41-39-37-35-32-22-20-18-16-14-12-10-8-6-4-2/h33-34,40,42,48,50,54-56,58-61,63-64,66-68H,3-32,35-39,41,43-47,49,51-53H2,1-2H3,(H,62,65)/b34-33+,42-40+,50-48+. The van der Waals surface area contributed by atoms with Crippen LogP contribution in [-0.2, 0) is 14.3 Å². The molecule has 1 heterocycles. The number of amides is 1. The normalized spacial score (nSPS) is 19.6. The molecule has 0 bridgehead atoms. The zero-order valence-corrected chi connectivity index (χ0v) is 45.8. The molecule has 0 saturated carbocycles. The molecule has 0 spiro atoms. The van der Waals surface area contributed by atoms with Gasteiger partial charge in [-0.3, -0.25) is 4.79 Å². The number of unbranched alkanes of at least 4 members (excludes halogenated alkanes) is 38. The van der Waals surface area contributed by atoms with Crippen molar-refractivity contribution in [2.75, 3.05) is 13.2 Å². The van der Waals surface area contributed by atoms with Gasteiger partial charge in [0.25, 0.3) is 0 Å². The number of carbonyl (C=O) groups is 1. The summed E-state index contributed by atoms with van der Waals surface area (Å²) in [6.45, 7) is 3.80. The van der Waals surface area contributed by atoms with Gasteiger partial charge >= 0.3 is 0 Å². The Morgan fingerprint density at radius 2 is 0.814 bits per heavy atom. The quantitative estimate of drug-likeness (QED) is 0.0261. The van der Waals surface area contributed by atoms with E-state index < -0.39 is 49.5 Å². The first-order valence-corrected chi connectivity index (χ1v) is 30.2. The summed E-state index contributed by atoms with van der Waals surface area (Å²) in [7, 11) is 0. The first-order chi connectivity index (χ1) is 34.3. The summed E-state index contributed by atoms with van der Waals surface area (Å²) in [5.74, 6) is -0.186. The summed E-state index contributed by atoms with van der Waals surface area (Å²) in [4.78, 5) is 13.0. The van der Waals surface area contributed by atoms with E-state index in [-0.39, 0.29) is 12.5 Å². The van der Waals surface area contributed by atoms with E-state index in [1.54, 1.807) is 6.08 Å². The van der Waals surface area contributed by atoms with Crippen LogP contribution in [0.5, 0.6) is 0 Å². The van der Waals surface area contributed by atoms with Gasteiger partial charge in [0.15, 0.2) is 6.29 Å². The maximum atomic E-state index is 13.0. The third kappa shape index (κ3) is 39.9. The number of hydrogen-bond acceptors (Lipinski definition) is 8. The second-order valence-electron chi connectivity index (χ2n) is 21.1. The lowest BCUT2D eigenvalue weighted by Gasteiger charge is -2.40. The Hall–Kier alpha value is -1.59. The van der Waals surface area contributed by atoms with Crippen LogP contribution in [0.2, 0.25) is 0 Å². The van der Waals surface area contributed by atoms with Crippen molar-refractivity contribution in [1.82, 2.24) is 5.32 Å². The van der Waals surface area contributed by atoms with Gasteiger partial charge in [0, 0.05) is 6.42 Å². The molecule has 9 heteroatoms. The van der Waals surface area contributed by atoms with Crippen LogP contribution in [0.25, 0.3) is 0 Å². The monoisotopic (exact) mass is 990 g/mol. The molecule has 412 valence electrons. The predicted molar refractivity (Wildman–Crippen MR) is 295 cm³/mol. The molecule has 0 radical (unpaired) electrons. The SMILES string of the molecule is CCCCCCCCCCCCCCCCCCCC/C=C/CC/C=C/CC/C=C/C(O)C(COC1OC(CO)C(O)C(O)C1O)NC(=O)CCCCCCCCCCCCCCCCCCCCC. The van der Waals surface area contributed by atoms with Crippen LogP contribution in [0, 0.1) is 0 Å². The van der Waals surface area contributed by atoms with Crippen LogP contribution < -0.4 is 5.32 Å². The molecule has 1 saturated heterocycles. The fourth-order valence-electron chi connectivity index (χ4n) is 9.66. The number of carbonyl (C=O) groups excluding carboxylic acids is 1. The van der Waals surface area contributed by atoms with Crippen LogP contribution in [-0.4, -0.2) is 87.5 Å². The fraction of sp³-hybridized carbons (Fsp3) is 0.885. The van der Waals surface area contributed by atoms with Crippen molar-refractivity contribution in [2.24, 2.45) is 0 Å².